The third kappa shape index (κ3) is 2.17. The molecule has 0 unspecified atom stereocenters. The first-order valence-corrected chi connectivity index (χ1v) is 6.52. The maximum atomic E-state index is 13.2. The molecule has 94 valence electrons. The van der Waals surface area contributed by atoms with E-state index in [1.54, 1.807) is 6.08 Å². The number of allylic oxidation sites excluding steroid dienone is 1. The lowest BCUT2D eigenvalue weighted by molar-refractivity contribution is -0.117. The van der Waals surface area contributed by atoms with Gasteiger partial charge in [0.25, 0.3) is 0 Å². The van der Waals surface area contributed by atoms with Crippen LogP contribution in [0.25, 0.3) is 5.57 Å². The molecule has 2 nitrogen and oxygen atoms in total. The second kappa shape index (κ2) is 4.56. The summed E-state index contributed by atoms with van der Waals surface area (Å²) in [5.74, 6) is -0.271. The number of aryl methyl sites for hydroxylation is 1. The van der Waals surface area contributed by atoms with E-state index >= 15 is 0 Å². The lowest BCUT2D eigenvalue weighted by atomic mass is 9.93. The standard InChI is InChI=1S/C15H16FNO/c16-12-7-6-10-4-5-11(14(10)9-12)8-15(18)17-13-2-1-3-13/h6-9,13H,1-5H2,(H,17,18)/b11-8+. The summed E-state index contributed by atoms with van der Waals surface area (Å²) >= 11 is 0. The van der Waals surface area contributed by atoms with Gasteiger partial charge in [-0.25, -0.2) is 4.39 Å². The van der Waals surface area contributed by atoms with Crippen LogP contribution >= 0.6 is 0 Å². The Balaban J connectivity index is 1.77. The first-order chi connectivity index (χ1) is 8.72. The minimum atomic E-state index is -0.235. The third-order valence-electron chi connectivity index (χ3n) is 3.84. The second-order valence-electron chi connectivity index (χ2n) is 5.11. The van der Waals surface area contributed by atoms with Crippen LogP contribution in [0.2, 0.25) is 0 Å². The molecule has 18 heavy (non-hydrogen) atoms. The van der Waals surface area contributed by atoms with Crippen LogP contribution in [0.15, 0.2) is 24.3 Å². The van der Waals surface area contributed by atoms with Crippen LogP contribution < -0.4 is 5.32 Å². The number of benzene rings is 1. The van der Waals surface area contributed by atoms with Gasteiger partial charge in [0, 0.05) is 12.1 Å². The number of hydrogen-bond acceptors (Lipinski definition) is 1. The largest absolute Gasteiger partial charge is 0.350 e. The maximum absolute atomic E-state index is 13.2. The predicted octanol–water partition coefficient (Wildman–Crippen LogP) is 2.82. The molecule has 0 aromatic heterocycles. The summed E-state index contributed by atoms with van der Waals surface area (Å²) in [5, 5.41) is 2.98. The van der Waals surface area contributed by atoms with Gasteiger partial charge in [0.15, 0.2) is 0 Å². The SMILES string of the molecule is O=C(/C=C1\CCc2ccc(F)cc21)NC1CCC1. The van der Waals surface area contributed by atoms with Gasteiger partial charge >= 0.3 is 0 Å². The molecule has 0 saturated heterocycles. The number of hydrogen-bond donors (Lipinski definition) is 1. The number of carbonyl (C=O) groups excluding carboxylic acids is 1. The van der Waals surface area contributed by atoms with Gasteiger partial charge in [0.05, 0.1) is 0 Å². The van der Waals surface area contributed by atoms with E-state index in [-0.39, 0.29) is 11.7 Å². The van der Waals surface area contributed by atoms with E-state index < -0.39 is 0 Å². The average molecular weight is 245 g/mol. The van der Waals surface area contributed by atoms with Crippen LogP contribution in [-0.4, -0.2) is 11.9 Å². The van der Waals surface area contributed by atoms with Crippen LogP contribution in [0, 0.1) is 5.82 Å². The summed E-state index contributed by atoms with van der Waals surface area (Å²) < 4.78 is 13.2. The molecule has 0 aliphatic heterocycles. The minimum absolute atomic E-state index is 0.0354. The Labute approximate surface area is 106 Å². The molecule has 0 bridgehead atoms. The Morgan fingerprint density at radius 2 is 2.17 bits per heavy atom. The molecule has 1 N–H and O–H groups in total. The molecule has 1 amide bonds. The van der Waals surface area contributed by atoms with Gasteiger partial charge in [0.2, 0.25) is 5.91 Å². The second-order valence-corrected chi connectivity index (χ2v) is 5.11. The molecule has 0 atom stereocenters. The van der Waals surface area contributed by atoms with Crippen molar-refractivity contribution in [3.8, 4) is 0 Å². The Morgan fingerprint density at radius 1 is 1.33 bits per heavy atom. The quantitative estimate of drug-likeness (QED) is 0.798. The van der Waals surface area contributed by atoms with E-state index in [0.29, 0.717) is 6.04 Å². The maximum Gasteiger partial charge on any atom is 0.244 e. The Kier molecular flexibility index (Phi) is 2.90. The average Bonchev–Trinajstić information content (AvgIpc) is 2.67. The van der Waals surface area contributed by atoms with Crippen LogP contribution in [0.1, 0.15) is 36.8 Å². The number of amides is 1. The van der Waals surface area contributed by atoms with Gasteiger partial charge in [-0.15, -0.1) is 0 Å². The topological polar surface area (TPSA) is 29.1 Å². The van der Waals surface area contributed by atoms with Crippen LogP contribution in [0.4, 0.5) is 4.39 Å². The molecular weight excluding hydrogens is 229 g/mol. The van der Waals surface area contributed by atoms with Crippen molar-refractivity contribution in [1.29, 1.82) is 0 Å². The van der Waals surface area contributed by atoms with Gasteiger partial charge < -0.3 is 5.32 Å². The third-order valence-corrected chi connectivity index (χ3v) is 3.84. The summed E-state index contributed by atoms with van der Waals surface area (Å²) in [7, 11) is 0. The highest BCUT2D eigenvalue weighted by atomic mass is 19.1. The zero-order valence-corrected chi connectivity index (χ0v) is 10.2. The monoisotopic (exact) mass is 245 g/mol. The van der Waals surface area contributed by atoms with Gasteiger partial charge in [-0.1, -0.05) is 6.07 Å². The Hall–Kier alpha value is -1.64. The summed E-state index contributed by atoms with van der Waals surface area (Å²) in [5.41, 5.74) is 3.00. The van der Waals surface area contributed by atoms with Gasteiger partial charge in [-0.2, -0.15) is 0 Å². The van der Waals surface area contributed by atoms with Crippen molar-refractivity contribution in [1.82, 2.24) is 5.32 Å². The van der Waals surface area contributed by atoms with Crippen molar-refractivity contribution in [2.45, 2.75) is 38.1 Å². The molecule has 1 fully saturated rings. The highest BCUT2D eigenvalue weighted by Crippen LogP contribution is 2.32. The fourth-order valence-electron chi connectivity index (χ4n) is 2.57. The van der Waals surface area contributed by atoms with Gasteiger partial charge in [0.1, 0.15) is 5.82 Å². The molecule has 3 rings (SSSR count). The van der Waals surface area contributed by atoms with E-state index in [9.17, 15) is 9.18 Å². The van der Waals surface area contributed by atoms with E-state index in [1.807, 2.05) is 6.07 Å². The van der Waals surface area contributed by atoms with Crippen molar-refractivity contribution in [3.63, 3.8) is 0 Å². The Bertz CT molecular complexity index is 517. The van der Waals surface area contributed by atoms with Crippen molar-refractivity contribution in [2.75, 3.05) is 0 Å². The molecule has 2 aliphatic carbocycles. The molecule has 0 spiro atoms. The first-order valence-electron chi connectivity index (χ1n) is 6.52. The van der Waals surface area contributed by atoms with E-state index in [0.717, 1.165) is 42.4 Å². The molecule has 1 aromatic carbocycles. The minimum Gasteiger partial charge on any atom is -0.350 e. The summed E-state index contributed by atoms with van der Waals surface area (Å²) in [6.07, 6.45) is 6.74. The normalized spacial score (nSPS) is 20.6. The van der Waals surface area contributed by atoms with Crippen molar-refractivity contribution in [2.24, 2.45) is 0 Å². The number of carbonyl (C=O) groups is 1. The van der Waals surface area contributed by atoms with Crippen molar-refractivity contribution < 1.29 is 9.18 Å². The fourth-order valence-corrected chi connectivity index (χ4v) is 2.57. The summed E-state index contributed by atoms with van der Waals surface area (Å²) in [6.45, 7) is 0. The van der Waals surface area contributed by atoms with Crippen LogP contribution in [0.3, 0.4) is 0 Å². The van der Waals surface area contributed by atoms with Crippen molar-refractivity contribution in [3.05, 3.63) is 41.2 Å². The molecule has 0 radical (unpaired) electrons. The van der Waals surface area contributed by atoms with E-state index in [4.69, 9.17) is 0 Å². The molecular formula is C15H16FNO. The highest BCUT2D eigenvalue weighted by molar-refractivity contribution is 5.96. The van der Waals surface area contributed by atoms with E-state index in [2.05, 4.69) is 5.32 Å². The predicted molar refractivity (Wildman–Crippen MR) is 68.5 cm³/mol. The number of nitrogens with one attached hydrogen (secondary N) is 1. The van der Waals surface area contributed by atoms with Gasteiger partial charge in [-0.3, -0.25) is 4.79 Å². The number of halogens is 1. The molecule has 1 aromatic rings. The van der Waals surface area contributed by atoms with Gasteiger partial charge in [-0.05, 0) is 60.9 Å². The summed E-state index contributed by atoms with van der Waals surface area (Å²) in [4.78, 5) is 11.8. The fraction of sp³-hybridized carbons (Fsp3) is 0.400. The summed E-state index contributed by atoms with van der Waals surface area (Å²) in [6, 6.07) is 5.18. The highest BCUT2D eigenvalue weighted by Gasteiger charge is 2.21. The Morgan fingerprint density at radius 3 is 2.89 bits per heavy atom. The number of rotatable bonds is 2. The zero-order valence-electron chi connectivity index (χ0n) is 10.2. The molecule has 1 saturated carbocycles. The lowest BCUT2D eigenvalue weighted by Crippen LogP contribution is -2.38. The number of fused-ring (bicyclic) bond motifs is 1. The van der Waals surface area contributed by atoms with Crippen LogP contribution in [-0.2, 0) is 11.2 Å². The van der Waals surface area contributed by atoms with Crippen LogP contribution in [0.5, 0.6) is 0 Å². The molecule has 3 heteroatoms. The molecule has 2 aliphatic rings. The smallest absolute Gasteiger partial charge is 0.244 e. The zero-order chi connectivity index (χ0) is 12.5. The first kappa shape index (κ1) is 11.5. The lowest BCUT2D eigenvalue weighted by Gasteiger charge is -2.25. The molecule has 0 heterocycles. The van der Waals surface area contributed by atoms with Crippen molar-refractivity contribution >= 4 is 11.5 Å². The van der Waals surface area contributed by atoms with E-state index in [1.165, 1.54) is 18.6 Å².